The number of pyridine rings is 1. The number of nitrogens with zero attached hydrogens (tertiary/aromatic N) is 6. The lowest BCUT2D eigenvalue weighted by Crippen LogP contribution is -2.49. The van der Waals surface area contributed by atoms with Crippen molar-refractivity contribution < 1.29 is 52.4 Å². The third-order valence-electron chi connectivity index (χ3n) is 13.5. The fourth-order valence-corrected chi connectivity index (χ4v) is 8.93. The van der Waals surface area contributed by atoms with Crippen molar-refractivity contribution in [1.29, 1.82) is 0 Å². The molecule has 5 N–H and O–H groups in total. The van der Waals surface area contributed by atoms with Gasteiger partial charge in [0.2, 0.25) is 0 Å². The lowest BCUT2D eigenvalue weighted by atomic mass is 9.98. The maximum atomic E-state index is 13.9. The molecule has 2 heterocycles. The number of fused-ring (bicyclic) bond motifs is 3. The molecule has 5 aromatic rings. The molecular weight excluding hydrogens is 1020 g/mol. The summed E-state index contributed by atoms with van der Waals surface area (Å²) in [6.07, 6.45) is 5.83. The number of unbranched alkanes of at least 4 members (excludes halogenated alkanes) is 1. The van der Waals surface area contributed by atoms with E-state index in [4.69, 9.17) is 49.7 Å². The van der Waals surface area contributed by atoms with Crippen LogP contribution < -0.4 is 21.7 Å². The van der Waals surface area contributed by atoms with E-state index < -0.39 is 41.9 Å². The number of nitrogens with one attached hydrogen (secondary N) is 3. The van der Waals surface area contributed by atoms with Gasteiger partial charge in [0.25, 0.3) is 5.91 Å². The summed E-state index contributed by atoms with van der Waals surface area (Å²) in [5.74, 6) is -0.591. The van der Waals surface area contributed by atoms with Crippen molar-refractivity contribution in [3.63, 3.8) is 0 Å². The molecule has 0 spiro atoms. The van der Waals surface area contributed by atoms with Crippen LogP contribution in [-0.4, -0.2) is 129 Å². The first-order valence-electron chi connectivity index (χ1n) is 28.1. The molecule has 2 atom stereocenters. The number of benzene rings is 3. The number of primary amides is 1. The summed E-state index contributed by atoms with van der Waals surface area (Å²) in [7, 11) is 0. The van der Waals surface area contributed by atoms with Crippen LogP contribution >= 0.6 is 0 Å². The van der Waals surface area contributed by atoms with Gasteiger partial charge in [-0.3, -0.25) is 19.2 Å². The number of hydrogen-bond donors (Lipinski definition) is 4. The third-order valence-corrected chi connectivity index (χ3v) is 13.5. The van der Waals surface area contributed by atoms with E-state index in [0.29, 0.717) is 68.3 Å². The number of Topliss-reactive ketones (excluding diaryl/α,β-unsaturated/α-hetero) is 1. The lowest BCUT2D eigenvalue weighted by molar-refractivity contribution is -0.160. The number of amides is 3. The number of carbonyl (C=O) groups excluding carboxylic acids is 5. The second-order valence-corrected chi connectivity index (χ2v) is 20.3. The summed E-state index contributed by atoms with van der Waals surface area (Å²) in [5.41, 5.74) is 20.3. The molecule has 21 nitrogen and oxygen atoms in total. The van der Waals surface area contributed by atoms with Crippen LogP contribution in [-0.2, 0) is 86.6 Å². The van der Waals surface area contributed by atoms with E-state index in [2.05, 4.69) is 67.8 Å². The number of carbonyl (C=O) groups is 5. The van der Waals surface area contributed by atoms with Crippen LogP contribution in [0.1, 0.15) is 106 Å². The normalized spacial score (nSPS) is 13.0. The Kier molecular flexibility index (Phi) is 26.6. The smallest absolute Gasteiger partial charge is 0.312 e. The predicted molar refractivity (Wildman–Crippen MR) is 302 cm³/mol. The molecule has 0 bridgehead atoms. The maximum absolute atomic E-state index is 13.9. The molecule has 80 heavy (non-hydrogen) atoms. The monoisotopic (exact) mass is 1100 g/mol. The third kappa shape index (κ3) is 21.6. The van der Waals surface area contributed by atoms with Crippen LogP contribution in [0.2, 0.25) is 0 Å². The Balaban J connectivity index is 0.997. The average molecular weight is 1110 g/mol. The van der Waals surface area contributed by atoms with Gasteiger partial charge >= 0.3 is 18.0 Å². The highest BCUT2D eigenvalue weighted by Crippen LogP contribution is 2.32. The number of ketones is 1. The summed E-state index contributed by atoms with van der Waals surface area (Å²) in [6, 6.07) is 22.2. The van der Waals surface area contributed by atoms with E-state index >= 15 is 0 Å². The summed E-state index contributed by atoms with van der Waals surface area (Å²) in [5, 5.41) is 13.2. The minimum atomic E-state index is -1.19. The van der Waals surface area contributed by atoms with Crippen molar-refractivity contribution in [1.82, 2.24) is 30.5 Å². The van der Waals surface area contributed by atoms with E-state index in [0.717, 1.165) is 66.1 Å². The fraction of sp³-hybridized carbons (Fsp3) is 0.542. The summed E-state index contributed by atoms with van der Waals surface area (Å²) in [4.78, 5) is 78.2. The summed E-state index contributed by atoms with van der Waals surface area (Å²) in [6.45, 7) is 10.9. The first-order valence-corrected chi connectivity index (χ1v) is 28.1. The largest absolute Gasteiger partial charge is 0.461 e. The SMILES string of the molecule is CCCCc1nc2c(CC(=O)OCc3ccc(CC(=O)[C@@H](CCCNC(N)=O)NC(=O)[C@H](OC(=O)CCOCCOCCOCCOCCN=[N+]=[N-])C(C)C)cc3)nc3ccccc3c2n1Cc1ccc(CNCCC2CC2)cc1. The van der Waals surface area contributed by atoms with Crippen LogP contribution in [0, 0.1) is 11.8 Å². The first kappa shape index (κ1) is 62.2. The molecule has 6 rings (SSSR count). The molecule has 1 aliphatic carbocycles. The van der Waals surface area contributed by atoms with Crippen molar-refractivity contribution in [3.8, 4) is 0 Å². The molecule has 1 saturated carbocycles. The number of ether oxygens (including phenoxy) is 6. The number of imidazole rings is 1. The Morgan fingerprint density at radius 3 is 2.12 bits per heavy atom. The standard InChI is InChI=1S/C59H80N10O11/c1-4-5-12-52-67-55-50(65-48-10-7-6-9-47(48)56(55)69(52)39-45-19-17-44(18-20-45)38-62-26-23-42-13-14-42)37-54(72)79-40-46-21-15-43(16-22-46)36-51(70)49(11-8-25-63-59(60)74)66-58(73)57(41(2)3)80-53(71)24-28-75-30-32-77-34-35-78-33-31-76-29-27-64-68-61/h6-7,9-10,15-22,41-42,49,57,62H,4-5,8,11-14,23-40H2,1-3H3,(H,66,73)(H3,60,63,74)/t49-,57-/m1/s1. The predicted octanol–water partition coefficient (Wildman–Crippen LogP) is 7.53. The maximum Gasteiger partial charge on any atom is 0.312 e. The van der Waals surface area contributed by atoms with Crippen LogP contribution in [0.5, 0.6) is 0 Å². The highest BCUT2D eigenvalue weighted by molar-refractivity contribution is 6.04. The lowest BCUT2D eigenvalue weighted by Gasteiger charge is -2.24. The molecule has 0 radical (unpaired) electrons. The van der Waals surface area contributed by atoms with E-state index in [1.165, 1.54) is 24.8 Å². The van der Waals surface area contributed by atoms with Crippen molar-refractivity contribution in [2.75, 3.05) is 72.5 Å². The van der Waals surface area contributed by atoms with Crippen LogP contribution in [0.25, 0.3) is 32.4 Å². The fourth-order valence-electron chi connectivity index (χ4n) is 8.93. The molecular formula is C59H80N10O11. The summed E-state index contributed by atoms with van der Waals surface area (Å²) < 4.78 is 35.3. The first-order chi connectivity index (χ1) is 38.9. The topological polar surface area (TPSA) is 282 Å². The molecule has 0 saturated heterocycles. The number of esters is 2. The van der Waals surface area contributed by atoms with Gasteiger partial charge in [-0.1, -0.05) is 112 Å². The minimum absolute atomic E-state index is 0.00868. The highest BCUT2D eigenvalue weighted by atomic mass is 16.6. The molecule has 0 aliphatic heterocycles. The zero-order valence-corrected chi connectivity index (χ0v) is 46.7. The molecule has 0 unspecified atom stereocenters. The zero-order chi connectivity index (χ0) is 56.9. The molecule has 3 amide bonds. The van der Waals surface area contributed by atoms with Crippen LogP contribution in [0.4, 0.5) is 4.79 Å². The molecule has 3 aromatic carbocycles. The van der Waals surface area contributed by atoms with Crippen LogP contribution in [0.3, 0.4) is 0 Å². The van der Waals surface area contributed by atoms with Gasteiger partial charge in [-0.2, -0.15) is 0 Å². The Hall–Kier alpha value is -7.00. The van der Waals surface area contributed by atoms with Gasteiger partial charge in [-0.25, -0.2) is 14.8 Å². The van der Waals surface area contributed by atoms with Crippen molar-refractivity contribution in [3.05, 3.63) is 117 Å². The number of hydrogen-bond acceptors (Lipinski definition) is 15. The Bertz CT molecular complexity index is 2800. The van der Waals surface area contributed by atoms with Crippen molar-refractivity contribution in [2.24, 2.45) is 22.7 Å². The van der Waals surface area contributed by atoms with Gasteiger partial charge in [0.15, 0.2) is 11.9 Å². The summed E-state index contributed by atoms with van der Waals surface area (Å²) >= 11 is 0. The molecule has 1 aliphatic rings. The second kappa shape index (κ2) is 34.2. The Morgan fingerprint density at radius 1 is 0.787 bits per heavy atom. The Morgan fingerprint density at radius 2 is 1.45 bits per heavy atom. The van der Waals surface area contributed by atoms with E-state index in [1.807, 2.05) is 18.2 Å². The zero-order valence-electron chi connectivity index (χ0n) is 46.7. The number of nitrogens with two attached hydrogens (primary N) is 1. The molecule has 2 aromatic heterocycles. The molecule has 21 heteroatoms. The highest BCUT2D eigenvalue weighted by Gasteiger charge is 2.31. The van der Waals surface area contributed by atoms with E-state index in [-0.39, 0.29) is 71.0 Å². The van der Waals surface area contributed by atoms with Crippen molar-refractivity contribution in [2.45, 2.75) is 123 Å². The average Bonchev–Trinajstić information content (AvgIpc) is 4.29. The van der Waals surface area contributed by atoms with Gasteiger partial charge in [-0.15, -0.1) is 0 Å². The van der Waals surface area contributed by atoms with Gasteiger partial charge in [0.1, 0.15) is 17.9 Å². The van der Waals surface area contributed by atoms with E-state index in [9.17, 15) is 24.0 Å². The molecule has 432 valence electrons. The number of rotatable bonds is 40. The quantitative estimate of drug-likeness (QED) is 0.00970. The number of urea groups is 1. The van der Waals surface area contributed by atoms with Gasteiger partial charge in [0.05, 0.1) is 88.5 Å². The number of aryl methyl sites for hydroxylation is 1. The van der Waals surface area contributed by atoms with Gasteiger partial charge in [-0.05, 0) is 77.9 Å². The minimum Gasteiger partial charge on any atom is -0.461 e. The molecule has 1 fully saturated rings. The van der Waals surface area contributed by atoms with E-state index in [1.54, 1.807) is 38.1 Å². The van der Waals surface area contributed by atoms with Crippen molar-refractivity contribution >= 4 is 51.6 Å². The second-order valence-electron chi connectivity index (χ2n) is 20.3. The number of azide groups is 1. The van der Waals surface area contributed by atoms with Gasteiger partial charge < -0.3 is 54.7 Å². The number of para-hydroxylation sites is 1. The number of aromatic nitrogens is 3. The van der Waals surface area contributed by atoms with Gasteiger partial charge in [0, 0.05) is 49.3 Å². The van der Waals surface area contributed by atoms with Crippen LogP contribution in [0.15, 0.2) is 77.9 Å². The Labute approximate surface area is 468 Å².